The van der Waals surface area contributed by atoms with Crippen molar-refractivity contribution in [3.8, 4) is 17.2 Å². The summed E-state index contributed by atoms with van der Waals surface area (Å²) in [7, 11) is 1.58. The summed E-state index contributed by atoms with van der Waals surface area (Å²) in [6.45, 7) is 0. The van der Waals surface area contributed by atoms with Gasteiger partial charge in [0.05, 0.1) is 7.11 Å². The molecule has 0 radical (unpaired) electrons. The molecule has 0 spiro atoms. The van der Waals surface area contributed by atoms with Crippen LogP contribution in [0.5, 0.6) is 17.2 Å². The van der Waals surface area contributed by atoms with Crippen molar-refractivity contribution in [2.45, 2.75) is 5.88 Å². The van der Waals surface area contributed by atoms with E-state index < -0.39 is 5.82 Å². The maximum Gasteiger partial charge on any atom is 0.166 e. The third-order valence-electron chi connectivity index (χ3n) is 2.44. The van der Waals surface area contributed by atoms with Crippen LogP contribution in [0.3, 0.4) is 0 Å². The molecule has 0 atom stereocenters. The molecule has 0 saturated carbocycles. The molecule has 0 unspecified atom stereocenters. The van der Waals surface area contributed by atoms with Crippen LogP contribution in [0.25, 0.3) is 0 Å². The van der Waals surface area contributed by atoms with Crippen LogP contribution in [0.2, 0.25) is 0 Å². The van der Waals surface area contributed by atoms with Gasteiger partial charge in [-0.3, -0.25) is 0 Å². The Morgan fingerprint density at radius 2 is 1.72 bits per heavy atom. The van der Waals surface area contributed by atoms with Crippen molar-refractivity contribution in [1.29, 1.82) is 0 Å². The van der Waals surface area contributed by atoms with E-state index in [2.05, 4.69) is 0 Å². The van der Waals surface area contributed by atoms with E-state index in [0.717, 1.165) is 11.3 Å². The number of hydrogen-bond acceptors (Lipinski definition) is 2. The van der Waals surface area contributed by atoms with Gasteiger partial charge < -0.3 is 9.47 Å². The third-order valence-corrected chi connectivity index (χ3v) is 2.75. The first-order valence-electron chi connectivity index (χ1n) is 5.39. The summed E-state index contributed by atoms with van der Waals surface area (Å²) in [4.78, 5) is 0. The van der Waals surface area contributed by atoms with E-state index in [1.807, 2.05) is 0 Å². The second-order valence-corrected chi connectivity index (χ2v) is 3.94. The number of benzene rings is 2. The number of ether oxygens (including phenoxy) is 2. The number of rotatable bonds is 4. The third kappa shape index (κ3) is 2.93. The second kappa shape index (κ2) is 5.74. The topological polar surface area (TPSA) is 18.5 Å². The molecular weight excluding hydrogens is 255 g/mol. The molecule has 0 N–H and O–H groups in total. The lowest BCUT2D eigenvalue weighted by atomic mass is 10.2. The van der Waals surface area contributed by atoms with Gasteiger partial charge in [-0.25, -0.2) is 4.39 Å². The Labute approximate surface area is 110 Å². The number of methoxy groups -OCH3 is 1. The van der Waals surface area contributed by atoms with Gasteiger partial charge in [0.25, 0.3) is 0 Å². The maximum absolute atomic E-state index is 13.7. The van der Waals surface area contributed by atoms with E-state index in [9.17, 15) is 4.39 Å². The van der Waals surface area contributed by atoms with Crippen LogP contribution in [0.15, 0.2) is 42.5 Å². The molecule has 0 aliphatic rings. The molecule has 0 aliphatic carbocycles. The van der Waals surface area contributed by atoms with Crippen molar-refractivity contribution < 1.29 is 13.9 Å². The van der Waals surface area contributed by atoms with Crippen LogP contribution < -0.4 is 9.47 Å². The molecule has 2 aromatic carbocycles. The minimum Gasteiger partial charge on any atom is -0.497 e. The van der Waals surface area contributed by atoms with Gasteiger partial charge >= 0.3 is 0 Å². The maximum atomic E-state index is 13.7. The molecule has 0 aromatic heterocycles. The summed E-state index contributed by atoms with van der Waals surface area (Å²) >= 11 is 5.62. The molecule has 2 nitrogen and oxygen atoms in total. The quantitative estimate of drug-likeness (QED) is 0.765. The summed E-state index contributed by atoms with van der Waals surface area (Å²) < 4.78 is 24.1. The highest BCUT2D eigenvalue weighted by Crippen LogP contribution is 2.26. The van der Waals surface area contributed by atoms with Crippen LogP contribution in [0.1, 0.15) is 5.56 Å². The molecule has 18 heavy (non-hydrogen) atoms. The highest BCUT2D eigenvalue weighted by molar-refractivity contribution is 6.17. The number of hydrogen-bond donors (Lipinski definition) is 0. The molecule has 2 rings (SSSR count). The molecule has 0 saturated heterocycles. The molecule has 94 valence electrons. The van der Waals surface area contributed by atoms with Crippen molar-refractivity contribution in [3.05, 3.63) is 53.8 Å². The van der Waals surface area contributed by atoms with Gasteiger partial charge in [0.2, 0.25) is 0 Å². The Bertz CT molecular complexity index is 526. The summed E-state index contributed by atoms with van der Waals surface area (Å²) in [6.07, 6.45) is 0. The lowest BCUT2D eigenvalue weighted by Crippen LogP contribution is -1.90. The van der Waals surface area contributed by atoms with E-state index in [0.29, 0.717) is 5.75 Å². The van der Waals surface area contributed by atoms with Gasteiger partial charge in [-0.05, 0) is 42.0 Å². The van der Waals surface area contributed by atoms with Gasteiger partial charge in [0.1, 0.15) is 11.5 Å². The van der Waals surface area contributed by atoms with Gasteiger partial charge in [-0.2, -0.15) is 0 Å². The molecular formula is C14H12ClFO2. The molecule has 2 aromatic rings. The molecule has 0 fully saturated rings. The van der Waals surface area contributed by atoms with Gasteiger partial charge in [-0.15, -0.1) is 11.6 Å². The lowest BCUT2D eigenvalue weighted by molar-refractivity contribution is 0.411. The molecule has 0 amide bonds. The van der Waals surface area contributed by atoms with Crippen molar-refractivity contribution in [2.24, 2.45) is 0 Å². The fourth-order valence-corrected chi connectivity index (χ4v) is 1.65. The average molecular weight is 267 g/mol. The Morgan fingerprint density at radius 1 is 1.06 bits per heavy atom. The minimum absolute atomic E-state index is 0.175. The summed E-state index contributed by atoms with van der Waals surface area (Å²) in [5.74, 6) is 1.30. The molecule has 0 heterocycles. The standard InChI is InChI=1S/C14H12ClFO2/c1-17-11-3-5-12(6-4-11)18-14-7-2-10(9-15)8-13(14)16/h2-8H,9H2,1H3. The first-order valence-corrected chi connectivity index (χ1v) is 5.92. The zero-order chi connectivity index (χ0) is 13.0. The monoisotopic (exact) mass is 266 g/mol. The fourth-order valence-electron chi connectivity index (χ4n) is 1.48. The predicted octanol–water partition coefficient (Wildman–Crippen LogP) is 4.37. The van der Waals surface area contributed by atoms with Gasteiger partial charge in [0.15, 0.2) is 11.6 Å². The smallest absolute Gasteiger partial charge is 0.166 e. The number of halogens is 2. The zero-order valence-corrected chi connectivity index (χ0v) is 10.6. The fraction of sp³-hybridized carbons (Fsp3) is 0.143. The lowest BCUT2D eigenvalue weighted by Gasteiger charge is -2.08. The summed E-state index contributed by atoms with van der Waals surface area (Å²) in [6, 6.07) is 11.6. The normalized spacial score (nSPS) is 10.2. The first-order chi connectivity index (χ1) is 8.72. The first kappa shape index (κ1) is 12.7. The zero-order valence-electron chi connectivity index (χ0n) is 9.82. The Balaban J connectivity index is 2.17. The molecule has 4 heteroatoms. The van der Waals surface area contributed by atoms with Crippen LogP contribution in [0, 0.1) is 5.82 Å². The molecule has 0 bridgehead atoms. The van der Waals surface area contributed by atoms with Crippen molar-refractivity contribution in [1.82, 2.24) is 0 Å². The minimum atomic E-state index is -0.427. The Kier molecular flexibility index (Phi) is 4.05. The Morgan fingerprint density at radius 3 is 2.28 bits per heavy atom. The van der Waals surface area contributed by atoms with Crippen LogP contribution >= 0.6 is 11.6 Å². The Hall–Kier alpha value is -1.74. The van der Waals surface area contributed by atoms with Crippen LogP contribution in [-0.4, -0.2) is 7.11 Å². The van der Waals surface area contributed by atoms with E-state index in [1.54, 1.807) is 43.5 Å². The van der Waals surface area contributed by atoms with Gasteiger partial charge in [-0.1, -0.05) is 6.07 Å². The van der Waals surface area contributed by atoms with Gasteiger partial charge in [0, 0.05) is 5.88 Å². The van der Waals surface area contributed by atoms with Crippen LogP contribution in [-0.2, 0) is 5.88 Å². The highest BCUT2D eigenvalue weighted by atomic mass is 35.5. The van der Waals surface area contributed by atoms with E-state index in [-0.39, 0.29) is 11.6 Å². The van der Waals surface area contributed by atoms with Crippen molar-refractivity contribution >= 4 is 11.6 Å². The second-order valence-electron chi connectivity index (χ2n) is 3.68. The highest BCUT2D eigenvalue weighted by Gasteiger charge is 2.06. The van der Waals surface area contributed by atoms with E-state index in [1.165, 1.54) is 6.07 Å². The largest absolute Gasteiger partial charge is 0.497 e. The summed E-state index contributed by atoms with van der Waals surface area (Å²) in [5, 5.41) is 0. The van der Waals surface area contributed by atoms with Crippen molar-refractivity contribution in [2.75, 3.05) is 7.11 Å². The summed E-state index contributed by atoms with van der Waals surface area (Å²) in [5.41, 5.74) is 0.719. The SMILES string of the molecule is COc1ccc(Oc2ccc(CCl)cc2F)cc1. The average Bonchev–Trinajstić information content (AvgIpc) is 2.42. The predicted molar refractivity (Wildman–Crippen MR) is 69.0 cm³/mol. The van der Waals surface area contributed by atoms with E-state index >= 15 is 0 Å². The van der Waals surface area contributed by atoms with E-state index in [4.69, 9.17) is 21.1 Å². The van der Waals surface area contributed by atoms with Crippen molar-refractivity contribution in [3.63, 3.8) is 0 Å². The van der Waals surface area contributed by atoms with Crippen LogP contribution in [0.4, 0.5) is 4.39 Å². The molecule has 0 aliphatic heterocycles. The number of alkyl halides is 1.